The number of hydrogen-bond acceptors (Lipinski definition) is 2. The lowest BCUT2D eigenvalue weighted by molar-refractivity contribution is 0.407. The summed E-state index contributed by atoms with van der Waals surface area (Å²) in [5.74, 6) is 3.24. The Kier molecular flexibility index (Phi) is 5.70. The van der Waals surface area contributed by atoms with Crippen molar-refractivity contribution in [3.63, 3.8) is 0 Å². The fraction of sp³-hybridized carbons (Fsp3) is 0.429. The van der Waals surface area contributed by atoms with Gasteiger partial charge in [0.15, 0.2) is 0 Å². The Morgan fingerprint density at radius 1 is 1.22 bits per heavy atom. The van der Waals surface area contributed by atoms with Crippen molar-refractivity contribution < 1.29 is 9.47 Å². The standard InChI is InChI=1S/C21H28O2/c1-7-8-9-16(5)23-21-15(4)10-11-17-12-18(14(2)3)20(22-6)13-19(17)21/h9-14H,7-8H2,1-6H3/b16-9-. The van der Waals surface area contributed by atoms with Gasteiger partial charge in [0.2, 0.25) is 0 Å². The molecule has 0 bridgehead atoms. The van der Waals surface area contributed by atoms with Crippen LogP contribution in [0.5, 0.6) is 11.5 Å². The molecule has 0 N–H and O–H groups in total. The molecule has 2 nitrogen and oxygen atoms in total. The number of unbranched alkanes of at least 4 members (excludes halogenated alkanes) is 1. The normalized spacial score (nSPS) is 12.0. The van der Waals surface area contributed by atoms with Gasteiger partial charge in [0.1, 0.15) is 11.5 Å². The molecule has 23 heavy (non-hydrogen) atoms. The molecular weight excluding hydrogens is 284 g/mol. The Bertz CT molecular complexity index is 711. The average molecular weight is 312 g/mol. The van der Waals surface area contributed by atoms with Gasteiger partial charge in [-0.3, -0.25) is 0 Å². The first-order valence-corrected chi connectivity index (χ1v) is 8.43. The minimum absolute atomic E-state index is 0.422. The summed E-state index contributed by atoms with van der Waals surface area (Å²) in [6.45, 7) is 10.7. The summed E-state index contributed by atoms with van der Waals surface area (Å²) in [6.07, 6.45) is 4.31. The van der Waals surface area contributed by atoms with Gasteiger partial charge in [-0.2, -0.15) is 0 Å². The van der Waals surface area contributed by atoms with Gasteiger partial charge in [0.05, 0.1) is 12.9 Å². The minimum atomic E-state index is 0.422. The third-order valence-corrected chi connectivity index (χ3v) is 4.12. The van der Waals surface area contributed by atoms with E-state index >= 15 is 0 Å². The van der Waals surface area contributed by atoms with Crippen molar-refractivity contribution in [3.05, 3.63) is 47.2 Å². The summed E-state index contributed by atoms with van der Waals surface area (Å²) < 4.78 is 11.8. The Balaban J connectivity index is 2.57. The zero-order chi connectivity index (χ0) is 17.0. The third kappa shape index (κ3) is 3.87. The fourth-order valence-electron chi connectivity index (χ4n) is 2.77. The van der Waals surface area contributed by atoms with E-state index in [9.17, 15) is 0 Å². The molecule has 0 aromatic heterocycles. The summed E-state index contributed by atoms with van der Waals surface area (Å²) in [6, 6.07) is 8.62. The number of aryl methyl sites for hydroxylation is 1. The van der Waals surface area contributed by atoms with Crippen LogP contribution in [-0.2, 0) is 0 Å². The quantitative estimate of drug-likeness (QED) is 0.577. The molecule has 0 saturated heterocycles. The molecule has 0 aliphatic rings. The van der Waals surface area contributed by atoms with Crippen molar-refractivity contribution in [2.45, 2.75) is 53.4 Å². The van der Waals surface area contributed by atoms with E-state index in [2.05, 4.69) is 58.0 Å². The van der Waals surface area contributed by atoms with Crippen molar-refractivity contribution in [2.75, 3.05) is 7.11 Å². The Labute approximate surface area is 140 Å². The van der Waals surface area contributed by atoms with Crippen molar-refractivity contribution in [1.82, 2.24) is 0 Å². The van der Waals surface area contributed by atoms with Crippen molar-refractivity contribution in [3.8, 4) is 11.5 Å². The summed E-state index contributed by atoms with van der Waals surface area (Å²) in [5.41, 5.74) is 2.37. The number of allylic oxidation sites excluding steroid dienone is 2. The average Bonchev–Trinajstić information content (AvgIpc) is 2.54. The van der Waals surface area contributed by atoms with Crippen LogP contribution in [0.2, 0.25) is 0 Å². The number of ether oxygens (including phenoxy) is 2. The Hall–Kier alpha value is -1.96. The number of rotatable bonds is 6. The summed E-state index contributed by atoms with van der Waals surface area (Å²) in [4.78, 5) is 0. The first-order chi connectivity index (χ1) is 11.0. The van der Waals surface area contributed by atoms with Crippen molar-refractivity contribution in [2.24, 2.45) is 0 Å². The van der Waals surface area contributed by atoms with E-state index in [1.54, 1.807) is 7.11 Å². The molecule has 0 saturated carbocycles. The molecule has 0 radical (unpaired) electrons. The largest absolute Gasteiger partial charge is 0.496 e. The van der Waals surface area contributed by atoms with Gasteiger partial charge in [-0.25, -0.2) is 0 Å². The van der Waals surface area contributed by atoms with Crippen LogP contribution in [0.4, 0.5) is 0 Å². The first-order valence-electron chi connectivity index (χ1n) is 8.43. The topological polar surface area (TPSA) is 18.5 Å². The second-order valence-electron chi connectivity index (χ2n) is 6.39. The molecule has 2 heteroatoms. The lowest BCUT2D eigenvalue weighted by atomic mass is 9.96. The van der Waals surface area contributed by atoms with Gasteiger partial charge in [-0.05, 0) is 60.9 Å². The van der Waals surface area contributed by atoms with Crippen LogP contribution in [0.3, 0.4) is 0 Å². The molecule has 0 spiro atoms. The summed E-state index contributed by atoms with van der Waals surface area (Å²) in [5, 5.41) is 2.30. The lowest BCUT2D eigenvalue weighted by Crippen LogP contribution is -1.98. The molecule has 0 atom stereocenters. The number of methoxy groups -OCH3 is 1. The predicted molar refractivity (Wildman–Crippen MR) is 98.6 cm³/mol. The number of hydrogen-bond donors (Lipinski definition) is 0. The second-order valence-corrected chi connectivity index (χ2v) is 6.39. The van der Waals surface area contributed by atoms with Gasteiger partial charge >= 0.3 is 0 Å². The highest BCUT2D eigenvalue weighted by atomic mass is 16.5. The van der Waals surface area contributed by atoms with Gasteiger partial charge in [0, 0.05) is 5.39 Å². The minimum Gasteiger partial charge on any atom is -0.496 e. The molecule has 0 heterocycles. The Morgan fingerprint density at radius 2 is 1.96 bits per heavy atom. The van der Waals surface area contributed by atoms with Crippen LogP contribution in [-0.4, -0.2) is 7.11 Å². The van der Waals surface area contributed by atoms with Gasteiger partial charge < -0.3 is 9.47 Å². The maximum Gasteiger partial charge on any atom is 0.137 e. The molecular formula is C21H28O2. The van der Waals surface area contributed by atoms with Gasteiger partial charge in [-0.15, -0.1) is 0 Å². The highest BCUT2D eigenvalue weighted by Gasteiger charge is 2.13. The van der Waals surface area contributed by atoms with Crippen LogP contribution < -0.4 is 9.47 Å². The van der Waals surface area contributed by atoms with E-state index in [4.69, 9.17) is 9.47 Å². The van der Waals surface area contributed by atoms with E-state index in [0.717, 1.165) is 41.0 Å². The molecule has 0 aliphatic heterocycles. The molecule has 124 valence electrons. The van der Waals surface area contributed by atoms with Crippen LogP contribution in [0, 0.1) is 6.92 Å². The van der Waals surface area contributed by atoms with E-state index in [1.807, 2.05) is 6.92 Å². The number of benzene rings is 2. The van der Waals surface area contributed by atoms with E-state index < -0.39 is 0 Å². The zero-order valence-electron chi connectivity index (χ0n) is 15.2. The first kappa shape index (κ1) is 17.4. The van der Waals surface area contributed by atoms with Crippen LogP contribution in [0.1, 0.15) is 57.6 Å². The molecule has 0 amide bonds. The highest BCUT2D eigenvalue weighted by molar-refractivity contribution is 5.91. The SMILES string of the molecule is CCC/C=C(/C)Oc1c(C)ccc2cc(C(C)C)c(OC)cc12. The molecule has 0 unspecified atom stereocenters. The number of fused-ring (bicyclic) bond motifs is 1. The zero-order valence-corrected chi connectivity index (χ0v) is 15.2. The molecule has 0 fully saturated rings. The van der Waals surface area contributed by atoms with E-state index in [1.165, 1.54) is 10.9 Å². The summed E-state index contributed by atoms with van der Waals surface area (Å²) in [7, 11) is 1.73. The Morgan fingerprint density at radius 3 is 2.57 bits per heavy atom. The van der Waals surface area contributed by atoms with Crippen LogP contribution >= 0.6 is 0 Å². The predicted octanol–water partition coefficient (Wildman–Crippen LogP) is 6.36. The molecule has 0 aliphatic carbocycles. The molecule has 2 rings (SSSR count). The van der Waals surface area contributed by atoms with Crippen LogP contribution in [0.15, 0.2) is 36.1 Å². The molecule has 2 aromatic rings. The smallest absolute Gasteiger partial charge is 0.137 e. The summed E-state index contributed by atoms with van der Waals surface area (Å²) >= 11 is 0. The monoisotopic (exact) mass is 312 g/mol. The van der Waals surface area contributed by atoms with Gasteiger partial charge in [0.25, 0.3) is 0 Å². The third-order valence-electron chi connectivity index (χ3n) is 4.12. The lowest BCUT2D eigenvalue weighted by Gasteiger charge is -2.17. The second kappa shape index (κ2) is 7.54. The van der Waals surface area contributed by atoms with Crippen molar-refractivity contribution in [1.29, 1.82) is 0 Å². The van der Waals surface area contributed by atoms with Gasteiger partial charge in [-0.1, -0.05) is 39.3 Å². The maximum absolute atomic E-state index is 6.17. The highest BCUT2D eigenvalue weighted by Crippen LogP contribution is 2.37. The van der Waals surface area contributed by atoms with E-state index in [0.29, 0.717) is 5.92 Å². The molecule has 2 aromatic carbocycles. The van der Waals surface area contributed by atoms with E-state index in [-0.39, 0.29) is 0 Å². The van der Waals surface area contributed by atoms with Crippen molar-refractivity contribution >= 4 is 10.8 Å². The maximum atomic E-state index is 6.17. The van der Waals surface area contributed by atoms with Crippen LogP contribution in [0.25, 0.3) is 10.8 Å². The fourth-order valence-corrected chi connectivity index (χ4v) is 2.77.